The van der Waals surface area contributed by atoms with Gasteiger partial charge in [-0.1, -0.05) is 84.9 Å². The van der Waals surface area contributed by atoms with Gasteiger partial charge in [0.25, 0.3) is 5.91 Å². The molecule has 3 aromatic carbocycles. The van der Waals surface area contributed by atoms with Crippen LogP contribution >= 0.6 is 0 Å². The predicted molar refractivity (Wildman–Crippen MR) is 129 cm³/mol. The molecule has 34 heavy (non-hydrogen) atoms. The number of carbonyl (C=O) groups excluding carboxylic acids is 1. The summed E-state index contributed by atoms with van der Waals surface area (Å²) in [7, 11) is 0. The number of hydrogen-bond acceptors (Lipinski definition) is 4. The van der Waals surface area contributed by atoms with E-state index in [1.54, 1.807) is 6.07 Å². The lowest BCUT2D eigenvalue weighted by atomic mass is 9.97. The minimum atomic E-state index is -1.59. The van der Waals surface area contributed by atoms with Crippen LogP contribution in [-0.4, -0.2) is 44.4 Å². The highest BCUT2D eigenvalue weighted by Gasteiger charge is 2.23. The van der Waals surface area contributed by atoms with Crippen LogP contribution < -0.4 is 5.32 Å². The third-order valence-electron chi connectivity index (χ3n) is 5.56. The fourth-order valence-corrected chi connectivity index (χ4v) is 3.77. The van der Waals surface area contributed by atoms with Crippen LogP contribution in [0.2, 0.25) is 0 Å². The molecular weight excluding hydrogens is 430 g/mol. The number of carbonyl (C=O) groups is 2. The van der Waals surface area contributed by atoms with E-state index in [0.717, 1.165) is 22.3 Å². The molecule has 1 amide bonds. The molecule has 0 saturated heterocycles. The Balaban J connectivity index is 1.48. The van der Waals surface area contributed by atoms with Gasteiger partial charge in [-0.15, -0.1) is 0 Å². The minimum Gasteiger partial charge on any atom is -0.479 e. The quantitative estimate of drug-likeness (QED) is 0.305. The number of aliphatic carboxylic acids is 1. The summed E-state index contributed by atoms with van der Waals surface area (Å²) >= 11 is 0. The molecule has 0 bridgehead atoms. The van der Waals surface area contributed by atoms with Gasteiger partial charge in [0.1, 0.15) is 5.69 Å². The van der Waals surface area contributed by atoms with Crippen LogP contribution in [0, 0.1) is 0 Å². The number of benzene rings is 3. The van der Waals surface area contributed by atoms with Crippen LogP contribution in [0.4, 0.5) is 0 Å². The lowest BCUT2D eigenvalue weighted by molar-refractivity contribution is -0.147. The van der Waals surface area contributed by atoms with Crippen molar-refractivity contribution in [3.05, 3.63) is 102 Å². The number of nitrogens with one attached hydrogen (secondary N) is 2. The average molecular weight is 456 g/mol. The average Bonchev–Trinajstić information content (AvgIpc) is 3.36. The molecule has 7 nitrogen and oxygen atoms in total. The Hall–Kier alpha value is -4.23. The maximum atomic E-state index is 12.9. The van der Waals surface area contributed by atoms with Crippen LogP contribution in [0.25, 0.3) is 22.4 Å². The molecule has 0 fully saturated rings. The summed E-state index contributed by atoms with van der Waals surface area (Å²) in [6.07, 6.45) is -1.35. The largest absolute Gasteiger partial charge is 0.479 e. The highest BCUT2D eigenvalue weighted by Crippen LogP contribution is 2.21. The van der Waals surface area contributed by atoms with Gasteiger partial charge < -0.3 is 15.5 Å². The van der Waals surface area contributed by atoms with E-state index in [2.05, 4.69) is 15.5 Å². The normalized spacial score (nSPS) is 12.6. The van der Waals surface area contributed by atoms with Crippen molar-refractivity contribution in [1.29, 1.82) is 0 Å². The lowest BCUT2D eigenvalue weighted by Gasteiger charge is -2.20. The van der Waals surface area contributed by atoms with Crippen LogP contribution in [0.3, 0.4) is 0 Å². The van der Waals surface area contributed by atoms with Crippen LogP contribution in [0.1, 0.15) is 22.5 Å². The second kappa shape index (κ2) is 10.6. The zero-order valence-corrected chi connectivity index (χ0v) is 18.4. The van der Waals surface area contributed by atoms with Crippen molar-refractivity contribution in [3.8, 4) is 22.4 Å². The van der Waals surface area contributed by atoms with Gasteiger partial charge in [-0.25, -0.2) is 4.79 Å². The first-order valence-electron chi connectivity index (χ1n) is 11.0. The number of amides is 1. The Bertz CT molecular complexity index is 1240. The highest BCUT2D eigenvalue weighted by molar-refractivity contribution is 5.93. The first kappa shape index (κ1) is 22.9. The summed E-state index contributed by atoms with van der Waals surface area (Å²) in [5, 5.41) is 28.9. The summed E-state index contributed by atoms with van der Waals surface area (Å²) in [6.45, 7) is 0. The number of rotatable bonds is 9. The molecule has 0 spiro atoms. The molecule has 0 radical (unpaired) electrons. The first-order valence-corrected chi connectivity index (χ1v) is 11.0. The van der Waals surface area contributed by atoms with Crippen LogP contribution in [0.5, 0.6) is 0 Å². The third kappa shape index (κ3) is 5.76. The van der Waals surface area contributed by atoms with Crippen molar-refractivity contribution in [2.45, 2.75) is 25.0 Å². The van der Waals surface area contributed by atoms with E-state index in [1.165, 1.54) is 0 Å². The van der Waals surface area contributed by atoms with Crippen molar-refractivity contribution in [2.75, 3.05) is 0 Å². The molecule has 2 unspecified atom stereocenters. The highest BCUT2D eigenvalue weighted by atomic mass is 16.4. The van der Waals surface area contributed by atoms with Crippen molar-refractivity contribution in [2.24, 2.45) is 0 Å². The summed E-state index contributed by atoms with van der Waals surface area (Å²) in [5.74, 6) is -1.75. The first-order chi connectivity index (χ1) is 16.5. The van der Waals surface area contributed by atoms with E-state index in [-0.39, 0.29) is 12.1 Å². The molecule has 4 N–H and O–H groups in total. The van der Waals surface area contributed by atoms with Crippen molar-refractivity contribution in [3.63, 3.8) is 0 Å². The number of aliphatic hydroxyl groups is 1. The number of aromatic amines is 1. The summed E-state index contributed by atoms with van der Waals surface area (Å²) in [4.78, 5) is 24.1. The fourth-order valence-electron chi connectivity index (χ4n) is 3.77. The van der Waals surface area contributed by atoms with E-state index in [4.69, 9.17) is 5.11 Å². The van der Waals surface area contributed by atoms with Gasteiger partial charge >= 0.3 is 5.97 Å². The molecule has 172 valence electrons. The summed E-state index contributed by atoms with van der Waals surface area (Å²) in [5.41, 5.74) is 4.82. The van der Waals surface area contributed by atoms with Gasteiger partial charge in [0.05, 0.1) is 5.69 Å². The molecule has 4 aromatic rings. The molecule has 4 rings (SSSR count). The monoisotopic (exact) mass is 455 g/mol. The Morgan fingerprint density at radius 2 is 1.44 bits per heavy atom. The molecule has 0 aliphatic carbocycles. The van der Waals surface area contributed by atoms with Crippen molar-refractivity contribution < 1.29 is 19.8 Å². The molecular formula is C27H25N3O4. The van der Waals surface area contributed by atoms with Gasteiger partial charge in [-0.2, -0.15) is 5.10 Å². The topological polar surface area (TPSA) is 115 Å². The lowest BCUT2D eigenvalue weighted by Crippen LogP contribution is -2.40. The standard InChI is InChI=1S/C27H25N3O4/c31-25(27(33)34)16-22(15-18-11-13-20(14-12-18)19-7-3-1-4-8-19)28-26(32)24-17-23(29-30-24)21-9-5-2-6-10-21/h1-14,17,22,25,31H,15-16H2,(H,28,32)(H,29,30)(H,33,34). The predicted octanol–water partition coefficient (Wildman–Crippen LogP) is 3.92. The SMILES string of the molecule is O=C(NC(Cc1ccc(-c2ccccc2)cc1)CC(O)C(=O)O)c1cc(-c2ccccc2)n[nH]1. The molecule has 0 saturated carbocycles. The molecule has 7 heteroatoms. The van der Waals surface area contributed by atoms with E-state index in [1.807, 2.05) is 84.9 Å². The molecule has 2 atom stereocenters. The Morgan fingerprint density at radius 1 is 0.853 bits per heavy atom. The second-order valence-electron chi connectivity index (χ2n) is 8.06. The van der Waals surface area contributed by atoms with Gasteiger partial charge in [-0.3, -0.25) is 9.89 Å². The van der Waals surface area contributed by atoms with Crippen molar-refractivity contribution >= 4 is 11.9 Å². The molecule has 0 aliphatic rings. The maximum absolute atomic E-state index is 12.9. The minimum absolute atomic E-state index is 0.124. The number of carboxylic acid groups (broad SMARTS) is 1. The van der Waals surface area contributed by atoms with E-state index in [9.17, 15) is 14.7 Å². The zero-order valence-electron chi connectivity index (χ0n) is 18.4. The van der Waals surface area contributed by atoms with Gasteiger partial charge in [0.2, 0.25) is 0 Å². The summed E-state index contributed by atoms with van der Waals surface area (Å²) < 4.78 is 0. The number of nitrogens with zero attached hydrogens (tertiary/aromatic N) is 1. The molecule has 0 aliphatic heterocycles. The number of aromatic nitrogens is 2. The molecule has 1 aromatic heterocycles. The molecule has 1 heterocycles. The number of aliphatic hydroxyl groups excluding tert-OH is 1. The fraction of sp³-hybridized carbons (Fsp3) is 0.148. The third-order valence-corrected chi connectivity index (χ3v) is 5.56. The number of carboxylic acids is 1. The Labute approximate surface area is 197 Å². The van der Waals surface area contributed by atoms with Crippen molar-refractivity contribution in [1.82, 2.24) is 15.5 Å². The number of H-pyrrole nitrogens is 1. The second-order valence-corrected chi connectivity index (χ2v) is 8.06. The zero-order chi connectivity index (χ0) is 23.9. The van der Waals surface area contributed by atoms with E-state index < -0.39 is 24.0 Å². The maximum Gasteiger partial charge on any atom is 0.332 e. The van der Waals surface area contributed by atoms with Crippen LogP contribution in [-0.2, 0) is 11.2 Å². The van der Waals surface area contributed by atoms with E-state index in [0.29, 0.717) is 12.1 Å². The Morgan fingerprint density at radius 3 is 2.06 bits per heavy atom. The Kier molecular flexibility index (Phi) is 7.15. The number of hydrogen-bond donors (Lipinski definition) is 4. The van der Waals surface area contributed by atoms with Crippen LogP contribution in [0.15, 0.2) is 91.0 Å². The van der Waals surface area contributed by atoms with Gasteiger partial charge in [0, 0.05) is 18.0 Å². The van der Waals surface area contributed by atoms with Gasteiger partial charge in [-0.05, 0) is 29.2 Å². The summed E-state index contributed by atoms with van der Waals surface area (Å²) in [6, 6.07) is 28.3. The van der Waals surface area contributed by atoms with Gasteiger partial charge in [0.15, 0.2) is 6.10 Å². The van der Waals surface area contributed by atoms with E-state index >= 15 is 0 Å². The smallest absolute Gasteiger partial charge is 0.332 e.